The normalized spacial score (nSPS) is 23.7. The van der Waals surface area contributed by atoms with E-state index in [-0.39, 0.29) is 0 Å². The summed E-state index contributed by atoms with van der Waals surface area (Å²) in [7, 11) is -2.14. The minimum absolute atomic E-state index is 0.634. The van der Waals surface area contributed by atoms with Crippen molar-refractivity contribution < 1.29 is 8.42 Å². The maximum Gasteiger partial charge on any atom is 0.128 e. The quantitative estimate of drug-likeness (QED) is 0.789. The molecule has 2 aromatic rings. The molecule has 0 bridgehead atoms. The van der Waals surface area contributed by atoms with Crippen LogP contribution >= 0.6 is 0 Å². The van der Waals surface area contributed by atoms with Gasteiger partial charge in [0.05, 0.1) is 9.79 Å². The summed E-state index contributed by atoms with van der Waals surface area (Å²) < 4.78 is 28.7. The molecule has 4 nitrogen and oxygen atoms in total. The predicted octanol–water partition coefficient (Wildman–Crippen LogP) is 2.62. The highest BCUT2D eigenvalue weighted by Crippen LogP contribution is 2.27. The van der Waals surface area contributed by atoms with Crippen LogP contribution in [0.5, 0.6) is 0 Å². The number of benzene rings is 2. The largest absolute Gasteiger partial charge is 0.237 e. The van der Waals surface area contributed by atoms with Crippen molar-refractivity contribution in [3.63, 3.8) is 0 Å². The van der Waals surface area contributed by atoms with E-state index in [1.807, 2.05) is 69.3 Å². The zero-order valence-corrected chi connectivity index (χ0v) is 14.8. The number of rotatable bonds is 4. The van der Waals surface area contributed by atoms with Crippen LogP contribution in [0.3, 0.4) is 0 Å². The van der Waals surface area contributed by atoms with E-state index < -0.39 is 22.0 Å². The lowest BCUT2D eigenvalue weighted by atomic mass is 10.2. The van der Waals surface area contributed by atoms with Gasteiger partial charge in [-0.15, -0.1) is 0 Å². The van der Waals surface area contributed by atoms with Gasteiger partial charge in [0, 0.05) is 26.2 Å². The molecule has 124 valence electrons. The average molecular weight is 358 g/mol. The molecule has 24 heavy (non-hydrogen) atoms. The van der Waals surface area contributed by atoms with Crippen molar-refractivity contribution in [2.45, 2.75) is 22.9 Å². The van der Waals surface area contributed by atoms with Gasteiger partial charge in [-0.1, -0.05) is 48.6 Å². The maximum atomic E-state index is 12.4. The van der Waals surface area contributed by atoms with Crippen LogP contribution in [0.25, 0.3) is 0 Å². The highest BCUT2D eigenvalue weighted by Gasteiger charge is 2.26. The second-order valence-electron chi connectivity index (χ2n) is 5.83. The molecule has 0 saturated carbocycles. The molecule has 1 unspecified atom stereocenters. The Morgan fingerprint density at radius 2 is 1.17 bits per heavy atom. The smallest absolute Gasteiger partial charge is 0.128 e. The topological polar surface area (TPSA) is 40.6 Å². The molecule has 2 aliphatic rings. The second kappa shape index (κ2) is 6.72. The van der Waals surface area contributed by atoms with Gasteiger partial charge in [-0.05, 0) is 23.3 Å². The van der Waals surface area contributed by atoms with Gasteiger partial charge >= 0.3 is 0 Å². The zero-order valence-electron chi connectivity index (χ0n) is 13.1. The number of nitrogens with zero attached hydrogens (tertiary/aromatic N) is 2. The molecule has 6 heteroatoms. The minimum atomic E-state index is -1.07. The number of fused-ring (bicyclic) bond motifs is 2. The molecule has 0 aliphatic carbocycles. The lowest BCUT2D eigenvalue weighted by molar-refractivity contribution is 0.489. The first kappa shape index (κ1) is 15.9. The van der Waals surface area contributed by atoms with Gasteiger partial charge < -0.3 is 0 Å². The monoisotopic (exact) mass is 358 g/mol. The van der Waals surface area contributed by atoms with E-state index in [0.717, 1.165) is 20.9 Å². The van der Waals surface area contributed by atoms with E-state index in [1.165, 1.54) is 0 Å². The summed E-state index contributed by atoms with van der Waals surface area (Å²) in [5, 5.41) is 0. The Morgan fingerprint density at radius 1 is 0.750 bits per heavy atom. The van der Waals surface area contributed by atoms with Gasteiger partial charge in [-0.3, -0.25) is 0 Å². The fraction of sp³-hybridized carbons (Fsp3) is 0.222. The molecule has 0 fully saturated rings. The summed E-state index contributed by atoms with van der Waals surface area (Å²) in [6.07, 6.45) is 4.04. The van der Waals surface area contributed by atoms with Crippen LogP contribution in [-0.4, -0.2) is 30.1 Å². The summed E-state index contributed by atoms with van der Waals surface area (Å²) in [4.78, 5) is 1.84. The third kappa shape index (κ3) is 2.91. The van der Waals surface area contributed by atoms with E-state index in [9.17, 15) is 8.42 Å². The van der Waals surface area contributed by atoms with Crippen LogP contribution in [0.15, 0.2) is 70.5 Å². The average Bonchev–Trinajstić information content (AvgIpc) is 3.10. The summed E-state index contributed by atoms with van der Waals surface area (Å²) >= 11 is 0. The van der Waals surface area contributed by atoms with Crippen molar-refractivity contribution in [1.82, 2.24) is 8.61 Å². The molecule has 0 spiro atoms. The molecule has 0 radical (unpaired) electrons. The standard InChI is InChI=1S/C18H18N2O2S2/c21-23-17-9-3-1-7-15(17)13-19(23)11-5-6-12-20-14-16-8-2-4-10-18(16)24(20)22/h1-10H,11-14H2/t23-,24?/m0/s1. The van der Waals surface area contributed by atoms with Crippen LogP contribution in [0.2, 0.25) is 0 Å². The van der Waals surface area contributed by atoms with Gasteiger partial charge in [0.1, 0.15) is 22.0 Å². The first-order valence-corrected chi connectivity index (χ1v) is 10.1. The summed E-state index contributed by atoms with van der Waals surface area (Å²) in [5.41, 5.74) is 2.28. The van der Waals surface area contributed by atoms with Crippen molar-refractivity contribution in [2.75, 3.05) is 13.1 Å². The van der Waals surface area contributed by atoms with Crippen LogP contribution in [0.4, 0.5) is 0 Å². The first-order chi connectivity index (χ1) is 11.7. The zero-order chi connectivity index (χ0) is 16.5. The maximum absolute atomic E-state index is 12.4. The summed E-state index contributed by atoms with van der Waals surface area (Å²) in [5.74, 6) is 0. The molecule has 2 aliphatic heterocycles. The Hall–Kier alpha value is -1.60. The Labute approximate surface area is 147 Å². The Balaban J connectivity index is 1.34. The Bertz CT molecular complexity index is 781. The fourth-order valence-electron chi connectivity index (χ4n) is 3.03. The Morgan fingerprint density at radius 3 is 1.58 bits per heavy atom. The Kier molecular flexibility index (Phi) is 4.45. The van der Waals surface area contributed by atoms with Crippen LogP contribution in [0.1, 0.15) is 11.1 Å². The van der Waals surface area contributed by atoms with Gasteiger partial charge in [0.2, 0.25) is 0 Å². The molecule has 2 aromatic carbocycles. The van der Waals surface area contributed by atoms with Gasteiger partial charge in [0.15, 0.2) is 0 Å². The molecule has 0 N–H and O–H groups in total. The number of hydrogen-bond donors (Lipinski definition) is 0. The molecule has 0 aromatic heterocycles. The molecule has 0 saturated heterocycles. The lowest BCUT2D eigenvalue weighted by Crippen LogP contribution is -2.21. The van der Waals surface area contributed by atoms with Gasteiger partial charge in [-0.25, -0.2) is 17.0 Å². The molecular weight excluding hydrogens is 340 g/mol. The third-order valence-corrected chi connectivity index (χ3v) is 7.31. The van der Waals surface area contributed by atoms with E-state index in [1.54, 1.807) is 0 Å². The van der Waals surface area contributed by atoms with Crippen molar-refractivity contribution >= 4 is 22.0 Å². The van der Waals surface area contributed by atoms with Crippen molar-refractivity contribution in [1.29, 1.82) is 0 Å². The van der Waals surface area contributed by atoms with Crippen molar-refractivity contribution in [2.24, 2.45) is 0 Å². The van der Waals surface area contributed by atoms with Gasteiger partial charge in [-0.2, -0.15) is 0 Å². The first-order valence-electron chi connectivity index (χ1n) is 7.88. The second-order valence-corrected chi connectivity index (χ2v) is 8.74. The van der Waals surface area contributed by atoms with Crippen molar-refractivity contribution in [3.05, 3.63) is 71.8 Å². The fourth-order valence-corrected chi connectivity index (χ4v) is 5.65. The van der Waals surface area contributed by atoms with E-state index in [4.69, 9.17) is 0 Å². The summed E-state index contributed by atoms with van der Waals surface area (Å²) in [6, 6.07) is 15.7. The summed E-state index contributed by atoms with van der Waals surface area (Å²) in [6.45, 7) is 2.70. The van der Waals surface area contributed by atoms with Crippen molar-refractivity contribution in [3.8, 4) is 0 Å². The van der Waals surface area contributed by atoms with E-state index in [0.29, 0.717) is 26.2 Å². The highest BCUT2D eigenvalue weighted by molar-refractivity contribution is 7.83. The van der Waals surface area contributed by atoms with Crippen LogP contribution in [0, 0.1) is 0 Å². The highest BCUT2D eigenvalue weighted by atomic mass is 32.2. The molecule has 4 rings (SSSR count). The minimum Gasteiger partial charge on any atom is -0.237 e. The van der Waals surface area contributed by atoms with Crippen LogP contribution in [-0.2, 0) is 35.1 Å². The predicted molar refractivity (Wildman–Crippen MR) is 95.7 cm³/mol. The molecular formula is C18H18N2O2S2. The molecule has 0 amide bonds. The van der Waals surface area contributed by atoms with Gasteiger partial charge in [0.25, 0.3) is 0 Å². The van der Waals surface area contributed by atoms with E-state index in [2.05, 4.69) is 0 Å². The SMILES string of the molecule is O=S1c2ccccc2CN1CC=CCN1Cc2ccccc2[S@@]1=O. The number of hydrogen-bond acceptors (Lipinski definition) is 2. The van der Waals surface area contributed by atoms with E-state index >= 15 is 0 Å². The lowest BCUT2D eigenvalue weighted by Gasteiger charge is -2.12. The third-order valence-electron chi connectivity index (χ3n) is 4.27. The van der Waals surface area contributed by atoms with Crippen LogP contribution < -0.4 is 0 Å². The molecule has 2 atom stereocenters. The molecule has 2 heterocycles.